The summed E-state index contributed by atoms with van der Waals surface area (Å²) in [6.45, 7) is 4.84. The van der Waals surface area contributed by atoms with Crippen molar-refractivity contribution in [3.63, 3.8) is 0 Å². The van der Waals surface area contributed by atoms with Crippen molar-refractivity contribution in [1.82, 2.24) is 0 Å². The SMILES string of the molecule is CC(C)CCNc1c(N)cc(N)c(Cl)c1F. The first-order chi connectivity index (χ1) is 7.43. The highest BCUT2D eigenvalue weighted by atomic mass is 35.5. The number of hydrogen-bond donors (Lipinski definition) is 3. The van der Waals surface area contributed by atoms with Crippen LogP contribution in [0.4, 0.5) is 21.5 Å². The molecule has 5 N–H and O–H groups in total. The number of nitrogens with two attached hydrogens (primary N) is 2. The largest absolute Gasteiger partial charge is 0.397 e. The Morgan fingerprint density at radius 3 is 2.56 bits per heavy atom. The van der Waals surface area contributed by atoms with E-state index in [-0.39, 0.29) is 22.1 Å². The summed E-state index contributed by atoms with van der Waals surface area (Å²) in [5, 5.41) is 2.86. The Morgan fingerprint density at radius 2 is 2.00 bits per heavy atom. The Hall–Kier alpha value is -1.16. The summed E-state index contributed by atoms with van der Waals surface area (Å²) < 4.78 is 13.7. The molecular formula is C11H17ClFN3. The quantitative estimate of drug-likeness (QED) is 0.715. The summed E-state index contributed by atoms with van der Waals surface area (Å²) in [4.78, 5) is 0. The van der Waals surface area contributed by atoms with Gasteiger partial charge in [0.1, 0.15) is 5.02 Å². The number of halogens is 2. The van der Waals surface area contributed by atoms with E-state index >= 15 is 0 Å². The van der Waals surface area contributed by atoms with E-state index in [0.29, 0.717) is 12.5 Å². The fraction of sp³-hybridized carbons (Fsp3) is 0.455. The van der Waals surface area contributed by atoms with E-state index in [4.69, 9.17) is 23.1 Å². The predicted octanol–water partition coefficient (Wildman–Crippen LogP) is 3.10. The molecule has 0 spiro atoms. The van der Waals surface area contributed by atoms with Gasteiger partial charge in [0, 0.05) is 6.54 Å². The number of nitrogen functional groups attached to an aromatic ring is 2. The molecule has 5 heteroatoms. The molecule has 16 heavy (non-hydrogen) atoms. The minimum absolute atomic E-state index is 0.0822. The summed E-state index contributed by atoms with van der Waals surface area (Å²) in [5.74, 6) is -0.0380. The molecule has 1 rings (SSSR count). The minimum Gasteiger partial charge on any atom is -0.397 e. The van der Waals surface area contributed by atoms with Gasteiger partial charge in [0.15, 0.2) is 5.82 Å². The Balaban J connectivity index is 2.84. The highest BCUT2D eigenvalue weighted by molar-refractivity contribution is 6.33. The molecule has 90 valence electrons. The van der Waals surface area contributed by atoms with Crippen LogP contribution in [0.25, 0.3) is 0 Å². The van der Waals surface area contributed by atoms with Crippen molar-refractivity contribution >= 4 is 28.7 Å². The summed E-state index contributed by atoms with van der Waals surface area (Å²) in [6, 6.07) is 1.46. The third kappa shape index (κ3) is 2.92. The van der Waals surface area contributed by atoms with E-state index in [1.54, 1.807) is 0 Å². The maximum Gasteiger partial charge on any atom is 0.169 e. The van der Waals surface area contributed by atoms with Gasteiger partial charge >= 0.3 is 0 Å². The zero-order valence-corrected chi connectivity index (χ0v) is 10.2. The van der Waals surface area contributed by atoms with Crippen LogP contribution in [0.5, 0.6) is 0 Å². The molecule has 0 aromatic heterocycles. The second kappa shape index (κ2) is 5.25. The molecule has 0 aliphatic rings. The van der Waals surface area contributed by atoms with Crippen molar-refractivity contribution < 1.29 is 4.39 Å². The van der Waals surface area contributed by atoms with Crippen molar-refractivity contribution in [3.05, 3.63) is 16.9 Å². The third-order valence-electron chi connectivity index (χ3n) is 2.29. The van der Waals surface area contributed by atoms with E-state index in [1.807, 2.05) is 0 Å². The highest BCUT2D eigenvalue weighted by Gasteiger charge is 2.13. The lowest BCUT2D eigenvalue weighted by molar-refractivity contribution is 0.600. The van der Waals surface area contributed by atoms with Gasteiger partial charge in [-0.2, -0.15) is 0 Å². The fourth-order valence-corrected chi connectivity index (χ4v) is 1.48. The van der Waals surface area contributed by atoms with E-state index in [1.165, 1.54) is 6.07 Å². The molecule has 1 aromatic carbocycles. The average Bonchev–Trinajstić information content (AvgIpc) is 2.19. The lowest BCUT2D eigenvalue weighted by Crippen LogP contribution is -2.09. The number of nitrogens with one attached hydrogen (secondary N) is 1. The topological polar surface area (TPSA) is 64.1 Å². The molecule has 0 heterocycles. The minimum atomic E-state index is -0.581. The molecule has 0 atom stereocenters. The molecule has 0 aliphatic heterocycles. The molecule has 0 aliphatic carbocycles. The fourth-order valence-electron chi connectivity index (χ4n) is 1.33. The van der Waals surface area contributed by atoms with Crippen LogP contribution in [0.2, 0.25) is 5.02 Å². The van der Waals surface area contributed by atoms with Crippen LogP contribution >= 0.6 is 11.6 Å². The third-order valence-corrected chi connectivity index (χ3v) is 2.67. The zero-order chi connectivity index (χ0) is 12.3. The van der Waals surface area contributed by atoms with E-state index in [9.17, 15) is 4.39 Å². The normalized spacial score (nSPS) is 10.8. The molecule has 1 aromatic rings. The smallest absolute Gasteiger partial charge is 0.169 e. The second-order valence-corrected chi connectivity index (χ2v) is 4.55. The number of hydrogen-bond acceptors (Lipinski definition) is 3. The van der Waals surface area contributed by atoms with Crippen LogP contribution in [0.1, 0.15) is 20.3 Å². The second-order valence-electron chi connectivity index (χ2n) is 4.17. The van der Waals surface area contributed by atoms with E-state index < -0.39 is 5.82 Å². The molecule has 0 saturated carbocycles. The summed E-state index contributed by atoms with van der Waals surface area (Å²) in [7, 11) is 0. The molecule has 3 nitrogen and oxygen atoms in total. The molecule has 0 radical (unpaired) electrons. The van der Waals surface area contributed by atoms with E-state index in [0.717, 1.165) is 6.42 Å². The van der Waals surface area contributed by atoms with Gasteiger partial charge in [-0.25, -0.2) is 4.39 Å². The number of rotatable bonds is 4. The zero-order valence-electron chi connectivity index (χ0n) is 9.48. The van der Waals surface area contributed by atoms with Crippen molar-refractivity contribution in [2.45, 2.75) is 20.3 Å². The molecule has 0 fully saturated rings. The van der Waals surface area contributed by atoms with Crippen LogP contribution in [-0.4, -0.2) is 6.54 Å². The van der Waals surface area contributed by atoms with Crippen molar-refractivity contribution in [2.24, 2.45) is 5.92 Å². The van der Waals surface area contributed by atoms with Crippen LogP contribution in [-0.2, 0) is 0 Å². The van der Waals surface area contributed by atoms with Crippen LogP contribution in [0.15, 0.2) is 6.07 Å². The van der Waals surface area contributed by atoms with Gasteiger partial charge < -0.3 is 16.8 Å². The summed E-state index contributed by atoms with van der Waals surface area (Å²) in [5.41, 5.74) is 11.8. The molecular weight excluding hydrogens is 229 g/mol. The van der Waals surface area contributed by atoms with Crippen LogP contribution in [0, 0.1) is 11.7 Å². The van der Waals surface area contributed by atoms with Crippen molar-refractivity contribution in [3.8, 4) is 0 Å². The van der Waals surface area contributed by atoms with Gasteiger partial charge in [0.2, 0.25) is 0 Å². The predicted molar refractivity (Wildman–Crippen MR) is 68.2 cm³/mol. The van der Waals surface area contributed by atoms with Gasteiger partial charge in [-0.3, -0.25) is 0 Å². The van der Waals surface area contributed by atoms with Gasteiger partial charge in [-0.05, 0) is 18.4 Å². The monoisotopic (exact) mass is 245 g/mol. The van der Waals surface area contributed by atoms with Gasteiger partial charge in [0.05, 0.1) is 17.1 Å². The lowest BCUT2D eigenvalue weighted by Gasteiger charge is -2.13. The van der Waals surface area contributed by atoms with Gasteiger partial charge in [-0.1, -0.05) is 25.4 Å². The molecule has 0 amide bonds. The number of benzene rings is 1. The first-order valence-electron chi connectivity index (χ1n) is 5.20. The summed E-state index contributed by atoms with van der Waals surface area (Å²) in [6.07, 6.45) is 0.931. The van der Waals surface area contributed by atoms with Gasteiger partial charge in [0.25, 0.3) is 0 Å². The van der Waals surface area contributed by atoms with Crippen LogP contribution in [0.3, 0.4) is 0 Å². The lowest BCUT2D eigenvalue weighted by atomic mass is 10.1. The first-order valence-corrected chi connectivity index (χ1v) is 5.58. The molecule has 0 saturated heterocycles. The van der Waals surface area contributed by atoms with Crippen molar-refractivity contribution in [1.29, 1.82) is 0 Å². The van der Waals surface area contributed by atoms with Gasteiger partial charge in [-0.15, -0.1) is 0 Å². The Bertz CT molecular complexity index is 380. The highest BCUT2D eigenvalue weighted by Crippen LogP contribution is 2.33. The van der Waals surface area contributed by atoms with Crippen molar-refractivity contribution in [2.75, 3.05) is 23.3 Å². The van der Waals surface area contributed by atoms with Crippen LogP contribution < -0.4 is 16.8 Å². The maximum absolute atomic E-state index is 13.7. The molecule has 0 unspecified atom stereocenters. The van der Waals surface area contributed by atoms with E-state index in [2.05, 4.69) is 19.2 Å². The first kappa shape index (κ1) is 12.9. The Labute approximate surface area is 100.0 Å². The molecule has 0 bridgehead atoms. The Kier molecular flexibility index (Phi) is 4.24. The Morgan fingerprint density at radius 1 is 1.38 bits per heavy atom. The maximum atomic E-state index is 13.7. The standard InChI is InChI=1S/C11H17ClFN3/c1-6(2)3-4-16-11-8(15)5-7(14)9(12)10(11)13/h5-6,16H,3-4,14-15H2,1-2H3. The number of anilines is 3. The average molecular weight is 246 g/mol. The summed E-state index contributed by atoms with van der Waals surface area (Å²) >= 11 is 5.70.